The Morgan fingerprint density at radius 2 is 1.79 bits per heavy atom. The van der Waals surface area contributed by atoms with Gasteiger partial charge in [-0.1, -0.05) is 23.2 Å². The molecule has 122 valence electrons. The molecule has 0 radical (unpaired) electrons. The number of nitrogens with one attached hydrogen (secondary N) is 1. The second-order valence-corrected chi connectivity index (χ2v) is 6.16. The van der Waals surface area contributed by atoms with E-state index in [-0.39, 0.29) is 6.79 Å². The van der Waals surface area contributed by atoms with Gasteiger partial charge in [-0.3, -0.25) is 0 Å². The Balaban J connectivity index is 1.47. The third kappa shape index (κ3) is 3.03. The third-order valence-corrected chi connectivity index (χ3v) is 4.25. The molecule has 0 atom stereocenters. The summed E-state index contributed by atoms with van der Waals surface area (Å²) >= 11 is 12.1. The molecule has 1 aliphatic rings. The van der Waals surface area contributed by atoms with Gasteiger partial charge in [0.2, 0.25) is 6.79 Å². The van der Waals surface area contributed by atoms with Gasteiger partial charge in [0.05, 0.1) is 11.6 Å². The molecule has 24 heavy (non-hydrogen) atoms. The van der Waals surface area contributed by atoms with E-state index in [2.05, 4.69) is 5.32 Å². The van der Waals surface area contributed by atoms with Crippen LogP contribution in [-0.2, 0) is 6.54 Å². The number of halogens is 2. The van der Waals surface area contributed by atoms with E-state index in [0.29, 0.717) is 22.4 Å². The van der Waals surface area contributed by atoms with Crippen molar-refractivity contribution in [2.24, 2.45) is 0 Å². The van der Waals surface area contributed by atoms with Crippen LogP contribution < -0.4 is 14.8 Å². The Morgan fingerprint density at radius 3 is 2.67 bits per heavy atom. The molecule has 0 unspecified atom stereocenters. The van der Waals surface area contributed by atoms with Crippen LogP contribution in [0.2, 0.25) is 10.0 Å². The monoisotopic (exact) mass is 361 g/mol. The minimum atomic E-state index is 0.266. The zero-order chi connectivity index (χ0) is 16.5. The number of rotatable bonds is 4. The van der Waals surface area contributed by atoms with Crippen molar-refractivity contribution in [3.63, 3.8) is 0 Å². The number of anilines is 1. The lowest BCUT2D eigenvalue weighted by atomic mass is 10.2. The molecule has 3 aromatic rings. The molecule has 1 aromatic heterocycles. The van der Waals surface area contributed by atoms with E-state index in [0.717, 1.165) is 28.5 Å². The summed E-state index contributed by atoms with van der Waals surface area (Å²) in [5.74, 6) is 3.01. The van der Waals surface area contributed by atoms with Crippen LogP contribution in [0.1, 0.15) is 5.76 Å². The Hall–Kier alpha value is -2.30. The van der Waals surface area contributed by atoms with Crippen molar-refractivity contribution in [1.29, 1.82) is 0 Å². The van der Waals surface area contributed by atoms with E-state index >= 15 is 0 Å². The highest BCUT2D eigenvalue weighted by atomic mass is 35.5. The standard InChI is InChI=1S/C18H13Cl2NO3/c19-11-1-4-14(15(20)7-11)16-6-3-13(24-16)9-21-12-2-5-17-18(8-12)23-10-22-17/h1-8,21H,9-10H2. The summed E-state index contributed by atoms with van der Waals surface area (Å²) in [7, 11) is 0. The maximum Gasteiger partial charge on any atom is 0.231 e. The fraction of sp³-hybridized carbons (Fsp3) is 0.111. The first-order chi connectivity index (χ1) is 11.7. The van der Waals surface area contributed by atoms with Gasteiger partial charge in [-0.15, -0.1) is 0 Å². The summed E-state index contributed by atoms with van der Waals surface area (Å²) in [5, 5.41) is 4.46. The highest BCUT2D eigenvalue weighted by Gasteiger charge is 2.13. The third-order valence-electron chi connectivity index (χ3n) is 3.70. The molecule has 0 aliphatic carbocycles. The Labute approximate surface area is 148 Å². The topological polar surface area (TPSA) is 43.6 Å². The molecule has 1 aliphatic heterocycles. The number of benzene rings is 2. The Bertz CT molecular complexity index is 892. The summed E-state index contributed by atoms with van der Waals surface area (Å²) in [5.41, 5.74) is 1.75. The van der Waals surface area contributed by atoms with Gasteiger partial charge < -0.3 is 19.2 Å². The van der Waals surface area contributed by atoms with Crippen molar-refractivity contribution in [2.45, 2.75) is 6.54 Å². The summed E-state index contributed by atoms with van der Waals surface area (Å²) in [6.45, 7) is 0.813. The lowest BCUT2D eigenvalue weighted by molar-refractivity contribution is 0.174. The van der Waals surface area contributed by atoms with Crippen molar-refractivity contribution in [3.8, 4) is 22.8 Å². The van der Waals surface area contributed by atoms with Crippen LogP contribution in [0.15, 0.2) is 52.9 Å². The summed E-state index contributed by atoms with van der Waals surface area (Å²) < 4.78 is 16.5. The summed E-state index contributed by atoms with van der Waals surface area (Å²) in [6, 6.07) is 14.9. The second-order valence-electron chi connectivity index (χ2n) is 5.31. The number of fused-ring (bicyclic) bond motifs is 1. The van der Waals surface area contributed by atoms with Gasteiger partial charge in [0.25, 0.3) is 0 Å². The predicted molar refractivity (Wildman–Crippen MR) is 94.1 cm³/mol. The first-order valence-electron chi connectivity index (χ1n) is 7.37. The largest absolute Gasteiger partial charge is 0.459 e. The fourth-order valence-electron chi connectivity index (χ4n) is 2.50. The minimum Gasteiger partial charge on any atom is -0.459 e. The summed E-state index contributed by atoms with van der Waals surface area (Å²) in [4.78, 5) is 0. The number of ether oxygens (including phenoxy) is 2. The molecular formula is C18H13Cl2NO3. The van der Waals surface area contributed by atoms with E-state index in [1.165, 1.54) is 0 Å². The van der Waals surface area contributed by atoms with Crippen molar-refractivity contribution >= 4 is 28.9 Å². The molecule has 2 aromatic carbocycles. The average Bonchev–Trinajstić information content (AvgIpc) is 3.21. The first kappa shape index (κ1) is 15.2. The van der Waals surface area contributed by atoms with Gasteiger partial charge in [0.15, 0.2) is 11.5 Å². The first-order valence-corrected chi connectivity index (χ1v) is 8.12. The highest BCUT2D eigenvalue weighted by Crippen LogP contribution is 2.35. The number of hydrogen-bond acceptors (Lipinski definition) is 4. The van der Waals surface area contributed by atoms with Gasteiger partial charge in [-0.25, -0.2) is 0 Å². The average molecular weight is 362 g/mol. The lowest BCUT2D eigenvalue weighted by Crippen LogP contribution is -1.97. The van der Waals surface area contributed by atoms with E-state index in [4.69, 9.17) is 37.1 Å². The van der Waals surface area contributed by atoms with Crippen LogP contribution in [-0.4, -0.2) is 6.79 Å². The molecule has 0 amide bonds. The van der Waals surface area contributed by atoms with Crippen molar-refractivity contribution in [2.75, 3.05) is 12.1 Å². The maximum atomic E-state index is 6.21. The zero-order valence-electron chi connectivity index (χ0n) is 12.5. The maximum absolute atomic E-state index is 6.21. The van der Waals surface area contributed by atoms with E-state index in [1.54, 1.807) is 12.1 Å². The molecule has 4 rings (SSSR count). The molecule has 0 fully saturated rings. The van der Waals surface area contributed by atoms with Gasteiger partial charge in [0.1, 0.15) is 11.5 Å². The molecule has 1 N–H and O–H groups in total. The van der Waals surface area contributed by atoms with Crippen molar-refractivity contribution in [1.82, 2.24) is 0 Å². The Kier molecular flexibility index (Phi) is 4.00. The van der Waals surface area contributed by atoms with Crippen LogP contribution in [0.3, 0.4) is 0 Å². The molecule has 0 saturated heterocycles. The van der Waals surface area contributed by atoms with Gasteiger partial charge in [-0.05, 0) is 42.5 Å². The smallest absolute Gasteiger partial charge is 0.231 e. The predicted octanol–water partition coefficient (Wildman–Crippen LogP) is 5.59. The number of hydrogen-bond donors (Lipinski definition) is 1. The SMILES string of the molecule is Clc1ccc(-c2ccc(CNc3ccc4c(c3)OCO4)o2)c(Cl)c1. The lowest BCUT2D eigenvalue weighted by Gasteiger charge is -2.06. The van der Waals surface area contributed by atoms with Crippen LogP contribution >= 0.6 is 23.2 Å². The van der Waals surface area contributed by atoms with Crippen molar-refractivity contribution in [3.05, 3.63) is 64.3 Å². The minimum absolute atomic E-state index is 0.266. The number of furan rings is 1. The van der Waals surface area contributed by atoms with Crippen LogP contribution in [0.5, 0.6) is 11.5 Å². The molecule has 0 saturated carbocycles. The highest BCUT2D eigenvalue weighted by molar-refractivity contribution is 6.36. The zero-order valence-corrected chi connectivity index (χ0v) is 14.0. The fourth-order valence-corrected chi connectivity index (χ4v) is 3.00. The van der Waals surface area contributed by atoms with Gasteiger partial charge in [0, 0.05) is 22.3 Å². The van der Waals surface area contributed by atoms with Crippen LogP contribution in [0.4, 0.5) is 5.69 Å². The molecule has 0 bridgehead atoms. The van der Waals surface area contributed by atoms with Gasteiger partial charge >= 0.3 is 0 Å². The van der Waals surface area contributed by atoms with Crippen molar-refractivity contribution < 1.29 is 13.9 Å². The van der Waals surface area contributed by atoms with E-state index in [1.807, 2.05) is 36.4 Å². The van der Waals surface area contributed by atoms with Gasteiger partial charge in [-0.2, -0.15) is 0 Å². The normalized spacial score (nSPS) is 12.4. The second kappa shape index (κ2) is 6.30. The molecule has 4 nitrogen and oxygen atoms in total. The molecule has 6 heteroatoms. The van der Waals surface area contributed by atoms with E-state index < -0.39 is 0 Å². The Morgan fingerprint density at radius 1 is 0.917 bits per heavy atom. The molecule has 2 heterocycles. The summed E-state index contributed by atoms with van der Waals surface area (Å²) in [6.07, 6.45) is 0. The van der Waals surface area contributed by atoms with Crippen LogP contribution in [0.25, 0.3) is 11.3 Å². The van der Waals surface area contributed by atoms with E-state index in [9.17, 15) is 0 Å². The quantitative estimate of drug-likeness (QED) is 0.657. The van der Waals surface area contributed by atoms with Crippen LogP contribution in [0, 0.1) is 0 Å². The molecule has 0 spiro atoms. The molecular weight excluding hydrogens is 349 g/mol.